The number of primary sulfonamides is 1. The Labute approximate surface area is 165 Å². The summed E-state index contributed by atoms with van der Waals surface area (Å²) in [6, 6.07) is 7.81. The predicted molar refractivity (Wildman–Crippen MR) is 102 cm³/mol. The number of carbonyl (C=O) groups is 2. The van der Waals surface area contributed by atoms with Gasteiger partial charge in [0.1, 0.15) is 0 Å². The molecular weight excluding hydrogens is 417 g/mol. The van der Waals surface area contributed by atoms with Gasteiger partial charge >= 0.3 is 5.97 Å². The predicted octanol–water partition coefficient (Wildman–Crippen LogP) is 2.41. The first-order valence-electron chi connectivity index (χ1n) is 7.38. The van der Waals surface area contributed by atoms with Crippen LogP contribution in [-0.2, 0) is 19.6 Å². The third-order valence-corrected chi connectivity index (χ3v) is 4.88. The first-order chi connectivity index (χ1) is 12.5. The number of sulfonamides is 1. The van der Waals surface area contributed by atoms with Crippen LogP contribution in [0, 0.1) is 0 Å². The molecule has 0 fully saturated rings. The number of amides is 1. The zero-order valence-corrected chi connectivity index (χ0v) is 16.2. The highest BCUT2D eigenvalue weighted by atomic mass is 35.5. The summed E-state index contributed by atoms with van der Waals surface area (Å²) >= 11 is 11.7. The maximum atomic E-state index is 12.2. The van der Waals surface area contributed by atoms with E-state index in [0.29, 0.717) is 5.69 Å². The van der Waals surface area contributed by atoms with Crippen LogP contribution in [0.15, 0.2) is 41.3 Å². The molecule has 0 aromatic heterocycles. The molecule has 0 spiro atoms. The summed E-state index contributed by atoms with van der Waals surface area (Å²) < 4.78 is 27.5. The van der Waals surface area contributed by atoms with E-state index in [4.69, 9.17) is 38.8 Å². The summed E-state index contributed by atoms with van der Waals surface area (Å²) in [6.45, 7) is 1.36. The molecule has 144 valence electrons. The molecule has 2 aromatic rings. The molecule has 8 nitrogen and oxygen atoms in total. The molecule has 0 saturated carbocycles. The SMILES string of the molecule is CC(OC(=O)c1cc(Cl)cc(Cl)c1N)C(=O)Nc1ccc(S(N)(=O)=O)cc1. The van der Waals surface area contributed by atoms with Gasteiger partial charge in [-0.25, -0.2) is 18.4 Å². The van der Waals surface area contributed by atoms with Gasteiger partial charge in [0.05, 0.1) is 21.2 Å². The van der Waals surface area contributed by atoms with Crippen molar-refractivity contribution in [1.82, 2.24) is 0 Å². The van der Waals surface area contributed by atoms with Crippen LogP contribution in [0.1, 0.15) is 17.3 Å². The first-order valence-corrected chi connectivity index (χ1v) is 9.68. The number of nitrogens with one attached hydrogen (secondary N) is 1. The van der Waals surface area contributed by atoms with Gasteiger partial charge in [-0.15, -0.1) is 0 Å². The Morgan fingerprint density at radius 2 is 1.74 bits per heavy atom. The molecular formula is C16H15Cl2N3O5S. The van der Waals surface area contributed by atoms with Crippen molar-refractivity contribution in [3.63, 3.8) is 0 Å². The number of anilines is 2. The third kappa shape index (κ3) is 5.33. The van der Waals surface area contributed by atoms with Crippen LogP contribution in [0.4, 0.5) is 11.4 Å². The molecule has 1 unspecified atom stereocenters. The molecule has 5 N–H and O–H groups in total. The smallest absolute Gasteiger partial charge is 0.341 e. The molecule has 1 amide bonds. The second-order valence-electron chi connectivity index (χ2n) is 5.46. The van der Waals surface area contributed by atoms with E-state index in [1.54, 1.807) is 0 Å². The highest BCUT2D eigenvalue weighted by Gasteiger charge is 2.22. The van der Waals surface area contributed by atoms with Gasteiger partial charge in [0.25, 0.3) is 5.91 Å². The Bertz CT molecular complexity index is 994. The third-order valence-electron chi connectivity index (χ3n) is 3.42. The molecule has 11 heteroatoms. The average Bonchev–Trinajstić information content (AvgIpc) is 2.57. The number of halogens is 2. The summed E-state index contributed by atoms with van der Waals surface area (Å²) in [5, 5.41) is 7.75. The Kier molecular flexibility index (Phi) is 6.32. The lowest BCUT2D eigenvalue weighted by molar-refractivity contribution is -0.123. The van der Waals surface area contributed by atoms with Gasteiger partial charge in [0, 0.05) is 10.7 Å². The van der Waals surface area contributed by atoms with Crippen molar-refractivity contribution in [1.29, 1.82) is 0 Å². The topological polar surface area (TPSA) is 142 Å². The maximum Gasteiger partial charge on any atom is 0.341 e. The van der Waals surface area contributed by atoms with Crippen LogP contribution in [0.5, 0.6) is 0 Å². The van der Waals surface area contributed by atoms with Crippen LogP contribution in [0.2, 0.25) is 10.0 Å². The summed E-state index contributed by atoms with van der Waals surface area (Å²) in [5.41, 5.74) is 5.94. The zero-order chi connectivity index (χ0) is 20.4. The summed E-state index contributed by atoms with van der Waals surface area (Å²) in [5.74, 6) is -1.51. The number of benzene rings is 2. The number of rotatable bonds is 5. The second kappa shape index (κ2) is 8.13. The number of esters is 1. The molecule has 2 aromatic carbocycles. The first kappa shape index (κ1) is 21.0. The van der Waals surface area contributed by atoms with Gasteiger partial charge in [-0.05, 0) is 43.3 Å². The largest absolute Gasteiger partial charge is 0.449 e. The van der Waals surface area contributed by atoms with E-state index in [0.717, 1.165) is 0 Å². The van der Waals surface area contributed by atoms with Crippen LogP contribution >= 0.6 is 23.2 Å². The lowest BCUT2D eigenvalue weighted by Gasteiger charge is -2.15. The average molecular weight is 432 g/mol. The summed E-state index contributed by atoms with van der Waals surface area (Å²) in [6.07, 6.45) is -1.17. The van der Waals surface area contributed by atoms with E-state index in [1.807, 2.05) is 0 Å². The number of carbonyl (C=O) groups excluding carboxylic acids is 2. The van der Waals surface area contributed by atoms with Gasteiger partial charge < -0.3 is 15.8 Å². The standard InChI is InChI=1S/C16H15Cl2N3O5S/c1-8(26-16(23)12-6-9(17)7-13(18)14(12)19)15(22)21-10-2-4-11(5-3-10)27(20,24)25/h2-8H,19H2,1H3,(H,21,22)(H2,20,24,25). The van der Waals surface area contributed by atoms with E-state index in [1.165, 1.54) is 43.3 Å². The van der Waals surface area contributed by atoms with Crippen molar-refractivity contribution in [2.24, 2.45) is 5.14 Å². The van der Waals surface area contributed by atoms with Gasteiger partial charge in [-0.3, -0.25) is 4.79 Å². The number of ether oxygens (including phenoxy) is 1. The number of nitrogens with two attached hydrogens (primary N) is 2. The maximum absolute atomic E-state index is 12.2. The number of nitrogen functional groups attached to an aromatic ring is 1. The van der Waals surface area contributed by atoms with Crippen LogP contribution in [0.25, 0.3) is 0 Å². The molecule has 0 radical (unpaired) electrons. The fraction of sp³-hybridized carbons (Fsp3) is 0.125. The molecule has 0 saturated heterocycles. The lowest BCUT2D eigenvalue weighted by atomic mass is 10.2. The minimum Gasteiger partial charge on any atom is -0.449 e. The van der Waals surface area contributed by atoms with E-state index >= 15 is 0 Å². The minimum atomic E-state index is -3.84. The molecule has 0 aliphatic rings. The number of hydrogen-bond acceptors (Lipinski definition) is 6. The van der Waals surface area contributed by atoms with Crippen molar-refractivity contribution in [3.8, 4) is 0 Å². The second-order valence-corrected chi connectivity index (χ2v) is 7.86. The highest BCUT2D eigenvalue weighted by Crippen LogP contribution is 2.28. The Morgan fingerprint density at radius 3 is 2.30 bits per heavy atom. The molecule has 1 atom stereocenters. The summed E-state index contributed by atoms with van der Waals surface area (Å²) in [7, 11) is -3.84. The monoisotopic (exact) mass is 431 g/mol. The van der Waals surface area contributed by atoms with E-state index < -0.39 is 28.0 Å². The molecule has 0 aliphatic carbocycles. The van der Waals surface area contributed by atoms with E-state index in [2.05, 4.69) is 5.32 Å². The number of hydrogen-bond donors (Lipinski definition) is 3. The Hall–Kier alpha value is -2.33. The molecule has 2 rings (SSSR count). The molecule has 0 aliphatic heterocycles. The molecule has 0 bridgehead atoms. The van der Waals surface area contributed by atoms with Crippen molar-refractivity contribution in [3.05, 3.63) is 52.0 Å². The fourth-order valence-corrected chi connectivity index (χ4v) is 3.01. The normalized spacial score (nSPS) is 12.3. The van der Waals surface area contributed by atoms with Crippen molar-refractivity contribution >= 4 is 56.5 Å². The Morgan fingerprint density at radius 1 is 1.15 bits per heavy atom. The van der Waals surface area contributed by atoms with Crippen molar-refractivity contribution in [2.75, 3.05) is 11.1 Å². The van der Waals surface area contributed by atoms with Gasteiger partial charge in [-0.2, -0.15) is 0 Å². The van der Waals surface area contributed by atoms with Crippen LogP contribution in [-0.4, -0.2) is 26.4 Å². The van der Waals surface area contributed by atoms with Crippen molar-refractivity contribution < 1.29 is 22.7 Å². The molecule has 27 heavy (non-hydrogen) atoms. The summed E-state index contributed by atoms with van der Waals surface area (Å²) in [4.78, 5) is 24.3. The van der Waals surface area contributed by atoms with E-state index in [-0.39, 0.29) is 26.2 Å². The lowest BCUT2D eigenvalue weighted by Crippen LogP contribution is -2.30. The van der Waals surface area contributed by atoms with Gasteiger partial charge in [0.15, 0.2) is 6.10 Å². The molecule has 0 heterocycles. The van der Waals surface area contributed by atoms with Crippen LogP contribution in [0.3, 0.4) is 0 Å². The van der Waals surface area contributed by atoms with Gasteiger partial charge in [-0.1, -0.05) is 23.2 Å². The van der Waals surface area contributed by atoms with Gasteiger partial charge in [0.2, 0.25) is 10.0 Å². The zero-order valence-electron chi connectivity index (χ0n) is 13.9. The van der Waals surface area contributed by atoms with E-state index in [9.17, 15) is 18.0 Å². The van der Waals surface area contributed by atoms with Crippen molar-refractivity contribution in [2.45, 2.75) is 17.9 Å². The Balaban J connectivity index is 2.06. The highest BCUT2D eigenvalue weighted by molar-refractivity contribution is 7.89. The van der Waals surface area contributed by atoms with Crippen LogP contribution < -0.4 is 16.2 Å². The fourth-order valence-electron chi connectivity index (χ4n) is 2.00. The quantitative estimate of drug-likeness (QED) is 0.489. The minimum absolute atomic E-state index is 0.0164.